The predicted molar refractivity (Wildman–Crippen MR) is 52.6 cm³/mol. The molecule has 66 valence electrons. The third-order valence-corrected chi connectivity index (χ3v) is 2.01. The van der Waals surface area contributed by atoms with Crippen LogP contribution in [0.25, 0.3) is 0 Å². The number of nitrogens with zero attached hydrogens (tertiary/aromatic N) is 1. The van der Waals surface area contributed by atoms with Gasteiger partial charge in [-0.05, 0) is 38.8 Å². The van der Waals surface area contributed by atoms with Gasteiger partial charge in [-0.15, -0.1) is 0 Å². The lowest BCUT2D eigenvalue weighted by molar-refractivity contribution is 0.380. The number of hydrogen-bond donors (Lipinski definition) is 0. The van der Waals surface area contributed by atoms with Crippen molar-refractivity contribution in [3.63, 3.8) is 0 Å². The molecule has 0 bridgehead atoms. The Morgan fingerprint density at radius 2 is 2.42 bits per heavy atom. The van der Waals surface area contributed by atoms with E-state index in [1.807, 2.05) is 12.2 Å². The third-order valence-electron chi connectivity index (χ3n) is 2.01. The summed E-state index contributed by atoms with van der Waals surface area (Å²) in [6, 6.07) is 0. The zero-order valence-corrected chi connectivity index (χ0v) is 7.63. The Kier molecular flexibility index (Phi) is 4.77. The van der Waals surface area contributed by atoms with Crippen LogP contribution in [-0.2, 0) is 0 Å². The molecule has 0 aromatic carbocycles. The van der Waals surface area contributed by atoms with Crippen LogP contribution in [0.4, 0.5) is 0 Å². The minimum absolute atomic E-state index is 1.16. The highest BCUT2D eigenvalue weighted by Crippen LogP contribution is 2.12. The van der Waals surface area contributed by atoms with E-state index >= 15 is 0 Å². The Morgan fingerprint density at radius 3 is 3.08 bits per heavy atom. The maximum absolute atomic E-state index is 3.63. The number of hydrogen-bond acceptors (Lipinski definition) is 1. The van der Waals surface area contributed by atoms with E-state index in [1.54, 1.807) is 0 Å². The maximum Gasteiger partial charge on any atom is 0.0616 e. The van der Waals surface area contributed by atoms with Gasteiger partial charge in [0.1, 0.15) is 0 Å². The first kappa shape index (κ1) is 9.53. The van der Waals surface area contributed by atoms with Gasteiger partial charge in [-0.3, -0.25) is 4.90 Å². The summed E-state index contributed by atoms with van der Waals surface area (Å²) in [5.41, 5.74) is 0. The first-order valence-electron chi connectivity index (χ1n) is 4.69. The van der Waals surface area contributed by atoms with Crippen molar-refractivity contribution in [3.8, 4) is 0 Å². The molecule has 1 saturated heterocycles. The van der Waals surface area contributed by atoms with Gasteiger partial charge < -0.3 is 0 Å². The normalized spacial score (nSPS) is 19.0. The zero-order chi connectivity index (χ0) is 8.65. The molecule has 0 aromatic heterocycles. The first-order chi connectivity index (χ1) is 5.93. The van der Waals surface area contributed by atoms with E-state index in [0.717, 1.165) is 12.8 Å². The van der Waals surface area contributed by atoms with Crippen molar-refractivity contribution < 1.29 is 0 Å². The fourth-order valence-electron chi connectivity index (χ4n) is 1.37. The molecule has 0 N–H and O–H groups in total. The van der Waals surface area contributed by atoms with Crippen LogP contribution in [0.1, 0.15) is 25.7 Å². The number of rotatable bonds is 5. The predicted octanol–water partition coefficient (Wildman–Crippen LogP) is 2.64. The monoisotopic (exact) mass is 163 g/mol. The third kappa shape index (κ3) is 3.72. The van der Waals surface area contributed by atoms with Crippen LogP contribution in [0.15, 0.2) is 24.8 Å². The van der Waals surface area contributed by atoms with Crippen LogP contribution in [0.3, 0.4) is 0 Å². The number of allylic oxidation sites excluding steroid dienone is 3. The minimum atomic E-state index is 1.16. The summed E-state index contributed by atoms with van der Waals surface area (Å²) < 4.78 is 0. The van der Waals surface area contributed by atoms with E-state index in [9.17, 15) is 0 Å². The molecule has 1 aliphatic rings. The van der Waals surface area contributed by atoms with Crippen molar-refractivity contribution >= 4 is 0 Å². The van der Waals surface area contributed by atoms with Gasteiger partial charge in [0.15, 0.2) is 0 Å². The molecule has 12 heavy (non-hydrogen) atoms. The summed E-state index contributed by atoms with van der Waals surface area (Å²) in [6.07, 6.45) is 10.8. The lowest BCUT2D eigenvalue weighted by atomic mass is 10.3. The van der Waals surface area contributed by atoms with Gasteiger partial charge in [-0.2, -0.15) is 0 Å². The standard InChI is InChI=1S/C11H17N/c1-2-3-4-5-6-9-12-10-7-8-11-12/h2-4H,1,5-10H2/b4-3+. The van der Waals surface area contributed by atoms with E-state index in [0.29, 0.717) is 0 Å². The molecule has 0 aliphatic carbocycles. The second kappa shape index (κ2) is 6.01. The second-order valence-corrected chi connectivity index (χ2v) is 3.05. The average molecular weight is 163 g/mol. The second-order valence-electron chi connectivity index (χ2n) is 3.05. The molecule has 1 heterocycles. The fraction of sp³-hybridized carbons (Fsp3) is 0.545. The van der Waals surface area contributed by atoms with E-state index in [1.165, 1.54) is 25.9 Å². The Labute approximate surface area is 75.8 Å². The van der Waals surface area contributed by atoms with Crippen LogP contribution < -0.4 is 0 Å². The SMILES string of the molecule is C=C/C=C/CCCN1[C]CCC1. The summed E-state index contributed by atoms with van der Waals surface area (Å²) in [5.74, 6) is 0. The van der Waals surface area contributed by atoms with E-state index in [4.69, 9.17) is 0 Å². The molecule has 1 aliphatic heterocycles. The average Bonchev–Trinajstić information content (AvgIpc) is 2.57. The Hall–Kier alpha value is -0.560. The number of likely N-dealkylation sites (tertiary alicyclic amines) is 1. The molecule has 0 saturated carbocycles. The highest BCUT2D eigenvalue weighted by Gasteiger charge is 2.10. The lowest BCUT2D eigenvalue weighted by Gasteiger charge is -2.11. The first-order valence-corrected chi connectivity index (χ1v) is 4.69. The largest absolute Gasteiger partial charge is 0.294 e. The van der Waals surface area contributed by atoms with Crippen molar-refractivity contribution in [2.75, 3.05) is 13.1 Å². The van der Waals surface area contributed by atoms with Crippen molar-refractivity contribution in [2.45, 2.75) is 25.7 Å². The fourth-order valence-corrected chi connectivity index (χ4v) is 1.37. The molecular weight excluding hydrogens is 146 g/mol. The van der Waals surface area contributed by atoms with Gasteiger partial charge in [0.05, 0.1) is 6.54 Å². The molecule has 0 aromatic rings. The summed E-state index contributed by atoms with van der Waals surface area (Å²) in [6.45, 7) is 9.34. The summed E-state index contributed by atoms with van der Waals surface area (Å²) in [5, 5.41) is 0. The minimum Gasteiger partial charge on any atom is -0.294 e. The van der Waals surface area contributed by atoms with Crippen molar-refractivity contribution in [2.24, 2.45) is 0 Å². The van der Waals surface area contributed by atoms with Crippen LogP contribution in [0, 0.1) is 6.54 Å². The highest BCUT2D eigenvalue weighted by atomic mass is 15.1. The van der Waals surface area contributed by atoms with Crippen molar-refractivity contribution in [1.82, 2.24) is 4.90 Å². The van der Waals surface area contributed by atoms with Gasteiger partial charge in [-0.1, -0.05) is 24.8 Å². The molecule has 1 heteroatoms. The topological polar surface area (TPSA) is 3.24 Å². The van der Waals surface area contributed by atoms with Gasteiger partial charge in [0, 0.05) is 0 Å². The summed E-state index contributed by atoms with van der Waals surface area (Å²) >= 11 is 0. The molecular formula is C11H17N. The molecule has 1 rings (SSSR count). The molecule has 2 radical (unpaired) electrons. The molecule has 1 fully saturated rings. The van der Waals surface area contributed by atoms with E-state index in [-0.39, 0.29) is 0 Å². The van der Waals surface area contributed by atoms with Gasteiger partial charge in [0.2, 0.25) is 0 Å². The van der Waals surface area contributed by atoms with Gasteiger partial charge in [-0.25, -0.2) is 0 Å². The molecule has 0 atom stereocenters. The van der Waals surface area contributed by atoms with E-state index in [2.05, 4.69) is 24.1 Å². The van der Waals surface area contributed by atoms with Crippen molar-refractivity contribution in [3.05, 3.63) is 31.4 Å². The Bertz CT molecular complexity index is 143. The van der Waals surface area contributed by atoms with Gasteiger partial charge >= 0.3 is 0 Å². The molecule has 0 amide bonds. The van der Waals surface area contributed by atoms with E-state index < -0.39 is 0 Å². The summed E-state index contributed by atoms with van der Waals surface area (Å²) in [4.78, 5) is 2.31. The van der Waals surface area contributed by atoms with Gasteiger partial charge in [0.25, 0.3) is 0 Å². The van der Waals surface area contributed by atoms with Crippen molar-refractivity contribution in [1.29, 1.82) is 0 Å². The quantitative estimate of drug-likeness (QED) is 0.445. The molecule has 1 nitrogen and oxygen atoms in total. The highest BCUT2D eigenvalue weighted by molar-refractivity contribution is 4.96. The molecule has 0 unspecified atom stereocenters. The Balaban J connectivity index is 1.94. The number of unbranched alkanes of at least 4 members (excludes halogenated alkanes) is 1. The smallest absolute Gasteiger partial charge is 0.0616 e. The lowest BCUT2D eigenvalue weighted by Crippen LogP contribution is -2.16. The van der Waals surface area contributed by atoms with Crippen LogP contribution in [0.2, 0.25) is 0 Å². The summed E-state index contributed by atoms with van der Waals surface area (Å²) in [7, 11) is 0. The molecule has 0 spiro atoms. The van der Waals surface area contributed by atoms with Crippen LogP contribution >= 0.6 is 0 Å². The van der Waals surface area contributed by atoms with Crippen LogP contribution in [0.5, 0.6) is 0 Å². The van der Waals surface area contributed by atoms with Crippen LogP contribution in [-0.4, -0.2) is 18.0 Å². The zero-order valence-electron chi connectivity index (χ0n) is 7.63. The maximum atomic E-state index is 3.63. The Morgan fingerprint density at radius 1 is 1.50 bits per heavy atom.